The van der Waals surface area contributed by atoms with Crippen LogP contribution in [0.5, 0.6) is 11.5 Å². The van der Waals surface area contributed by atoms with E-state index in [0.717, 1.165) is 50.4 Å². The Balaban J connectivity index is 1.72. The number of para-hydroxylation sites is 2. The first kappa shape index (κ1) is 18.7. The van der Waals surface area contributed by atoms with Crippen LogP contribution in [0, 0.1) is 0 Å². The third kappa shape index (κ3) is 3.79. The highest BCUT2D eigenvalue weighted by molar-refractivity contribution is 7.80. The average Bonchev–Trinajstić information content (AvgIpc) is 3.16. The average molecular weight is 402 g/mol. The van der Waals surface area contributed by atoms with E-state index in [0.29, 0.717) is 0 Å². The first-order valence-electron chi connectivity index (χ1n) is 10.8. The maximum atomic E-state index is 6.35. The van der Waals surface area contributed by atoms with Gasteiger partial charge in [0.1, 0.15) is 11.5 Å². The predicted octanol–water partition coefficient (Wildman–Crippen LogP) is 4.88. The second-order valence-corrected chi connectivity index (χ2v) is 9.96. The zero-order chi connectivity index (χ0) is 19.5. The third-order valence-corrected chi connectivity index (χ3v) is 8.30. The molecule has 29 heavy (non-hydrogen) atoms. The van der Waals surface area contributed by atoms with Gasteiger partial charge in [0.05, 0.1) is 13.2 Å². The number of aryl methyl sites for hydroxylation is 2. The van der Waals surface area contributed by atoms with E-state index in [2.05, 4.69) is 66.7 Å². The molecule has 2 aliphatic rings. The van der Waals surface area contributed by atoms with Crippen LogP contribution in [0.25, 0.3) is 0 Å². The molecule has 0 bridgehead atoms. The van der Waals surface area contributed by atoms with Gasteiger partial charge in [0, 0.05) is 10.6 Å². The molecule has 0 unspecified atom stereocenters. The fraction of sp³-hybridized carbons (Fsp3) is 0.308. The molecular formula is C26H27O2P. The van der Waals surface area contributed by atoms with Gasteiger partial charge in [-0.1, -0.05) is 66.7 Å². The van der Waals surface area contributed by atoms with E-state index < -0.39 is 7.92 Å². The van der Waals surface area contributed by atoms with Crippen molar-refractivity contribution in [2.45, 2.75) is 38.5 Å². The molecule has 3 aromatic rings. The zero-order valence-corrected chi connectivity index (χ0v) is 17.7. The maximum absolute atomic E-state index is 6.35. The lowest BCUT2D eigenvalue weighted by Crippen LogP contribution is -2.24. The normalized spacial score (nSPS) is 16.0. The van der Waals surface area contributed by atoms with Gasteiger partial charge in [0.15, 0.2) is 0 Å². The topological polar surface area (TPSA) is 18.5 Å². The molecule has 3 heteroatoms. The number of fused-ring (bicyclic) bond motifs is 2. The van der Waals surface area contributed by atoms with Crippen LogP contribution < -0.4 is 25.4 Å². The molecule has 0 amide bonds. The van der Waals surface area contributed by atoms with Crippen LogP contribution in [0.2, 0.25) is 0 Å². The molecule has 2 nitrogen and oxygen atoms in total. The summed E-state index contributed by atoms with van der Waals surface area (Å²) in [5, 5.41) is 4.00. The maximum Gasteiger partial charge on any atom is 0.130 e. The van der Waals surface area contributed by atoms with Gasteiger partial charge in [-0.3, -0.25) is 0 Å². The van der Waals surface area contributed by atoms with Crippen molar-refractivity contribution in [1.82, 2.24) is 0 Å². The second kappa shape index (κ2) is 8.59. The molecule has 2 aliphatic heterocycles. The fourth-order valence-electron chi connectivity index (χ4n) is 4.39. The summed E-state index contributed by atoms with van der Waals surface area (Å²) in [7, 11) is -0.749. The highest BCUT2D eigenvalue weighted by Crippen LogP contribution is 2.42. The van der Waals surface area contributed by atoms with Crippen molar-refractivity contribution in [3.8, 4) is 11.5 Å². The van der Waals surface area contributed by atoms with E-state index in [1.54, 1.807) is 0 Å². The Morgan fingerprint density at radius 1 is 0.552 bits per heavy atom. The lowest BCUT2D eigenvalue weighted by Gasteiger charge is -2.25. The largest absolute Gasteiger partial charge is 0.493 e. The van der Waals surface area contributed by atoms with Gasteiger partial charge in [0.2, 0.25) is 0 Å². The monoisotopic (exact) mass is 402 g/mol. The van der Waals surface area contributed by atoms with Crippen molar-refractivity contribution in [2.75, 3.05) is 13.2 Å². The molecule has 0 aromatic heterocycles. The minimum absolute atomic E-state index is 0.749. The van der Waals surface area contributed by atoms with Crippen LogP contribution in [0.4, 0.5) is 0 Å². The minimum atomic E-state index is -0.749. The highest BCUT2D eigenvalue weighted by atomic mass is 31.1. The number of hydrogen-bond acceptors (Lipinski definition) is 2. The summed E-state index contributed by atoms with van der Waals surface area (Å²) in [5.41, 5.74) is 2.71. The van der Waals surface area contributed by atoms with Crippen molar-refractivity contribution >= 4 is 23.8 Å². The van der Waals surface area contributed by atoms with E-state index in [9.17, 15) is 0 Å². The van der Waals surface area contributed by atoms with Crippen molar-refractivity contribution in [3.05, 3.63) is 77.9 Å². The Morgan fingerprint density at radius 3 is 1.66 bits per heavy atom. The molecule has 0 fully saturated rings. The number of rotatable bonds is 3. The summed E-state index contributed by atoms with van der Waals surface area (Å²) < 4.78 is 12.7. The van der Waals surface area contributed by atoms with Crippen molar-refractivity contribution in [2.24, 2.45) is 0 Å². The van der Waals surface area contributed by atoms with Gasteiger partial charge in [-0.2, -0.15) is 0 Å². The first-order chi connectivity index (χ1) is 14.4. The summed E-state index contributed by atoms with van der Waals surface area (Å²) in [6.45, 7) is 1.62. The molecule has 0 aliphatic carbocycles. The van der Waals surface area contributed by atoms with Crippen molar-refractivity contribution < 1.29 is 9.47 Å². The molecule has 0 radical (unpaired) electrons. The molecule has 2 heterocycles. The Kier molecular flexibility index (Phi) is 5.54. The van der Waals surface area contributed by atoms with E-state index in [1.807, 2.05) is 0 Å². The standard InChI is InChI=1S/C26H27O2P/c1-2-14-22(15-3-1)29(23-16-8-12-20-10-4-6-18-27-25(20)23)24-17-9-13-21-11-5-7-19-28-26(21)24/h1-3,8-9,12-17H,4-7,10-11,18-19H2. The van der Waals surface area contributed by atoms with Crippen LogP contribution >= 0.6 is 7.92 Å². The van der Waals surface area contributed by atoms with Crippen LogP contribution in [0.15, 0.2) is 66.7 Å². The Bertz CT molecular complexity index is 922. The lowest BCUT2D eigenvalue weighted by molar-refractivity contribution is 0.319. The number of ether oxygens (including phenoxy) is 2. The van der Waals surface area contributed by atoms with E-state index in [-0.39, 0.29) is 0 Å². The molecular weight excluding hydrogens is 375 g/mol. The highest BCUT2D eigenvalue weighted by Gasteiger charge is 2.27. The number of hydrogen-bond donors (Lipinski definition) is 0. The number of benzene rings is 3. The summed E-state index contributed by atoms with van der Waals surface area (Å²) in [4.78, 5) is 0. The Morgan fingerprint density at radius 2 is 1.10 bits per heavy atom. The van der Waals surface area contributed by atoms with Crippen molar-refractivity contribution in [3.63, 3.8) is 0 Å². The predicted molar refractivity (Wildman–Crippen MR) is 122 cm³/mol. The van der Waals surface area contributed by atoms with Gasteiger partial charge >= 0.3 is 0 Å². The lowest BCUT2D eigenvalue weighted by atomic mass is 10.1. The molecule has 148 valence electrons. The quantitative estimate of drug-likeness (QED) is 0.582. The van der Waals surface area contributed by atoms with Gasteiger partial charge in [-0.15, -0.1) is 0 Å². The zero-order valence-electron chi connectivity index (χ0n) is 16.8. The summed E-state index contributed by atoms with van der Waals surface area (Å²) >= 11 is 0. The molecule has 0 atom stereocenters. The summed E-state index contributed by atoms with van der Waals surface area (Å²) in [6.07, 6.45) is 6.85. The van der Waals surface area contributed by atoms with E-state index >= 15 is 0 Å². The molecule has 0 saturated heterocycles. The van der Waals surface area contributed by atoms with Gasteiger partial charge in [0.25, 0.3) is 0 Å². The Labute approximate surface area is 174 Å². The van der Waals surface area contributed by atoms with Gasteiger partial charge in [-0.05, 0) is 62.9 Å². The minimum Gasteiger partial charge on any atom is -0.493 e. The van der Waals surface area contributed by atoms with E-state index in [4.69, 9.17) is 9.47 Å². The van der Waals surface area contributed by atoms with Gasteiger partial charge in [-0.25, -0.2) is 0 Å². The molecule has 0 spiro atoms. The molecule has 5 rings (SSSR count). The van der Waals surface area contributed by atoms with Crippen molar-refractivity contribution in [1.29, 1.82) is 0 Å². The molecule has 0 saturated carbocycles. The summed E-state index contributed by atoms with van der Waals surface area (Å²) in [5.74, 6) is 2.23. The van der Waals surface area contributed by atoms with Crippen LogP contribution in [-0.2, 0) is 12.8 Å². The van der Waals surface area contributed by atoms with E-state index in [1.165, 1.54) is 39.9 Å². The van der Waals surface area contributed by atoms with Crippen LogP contribution in [0.3, 0.4) is 0 Å². The van der Waals surface area contributed by atoms with Crippen LogP contribution in [-0.4, -0.2) is 13.2 Å². The fourth-order valence-corrected chi connectivity index (χ4v) is 6.97. The molecule has 3 aromatic carbocycles. The molecule has 0 N–H and O–H groups in total. The second-order valence-electron chi connectivity index (χ2n) is 7.81. The first-order valence-corrected chi connectivity index (χ1v) is 12.1. The van der Waals surface area contributed by atoms with Crippen LogP contribution in [0.1, 0.15) is 36.8 Å². The SMILES string of the molecule is c1ccc(P(c2cccc3c2OCCCC3)c2cccc3c2OCCCC3)cc1. The summed E-state index contributed by atoms with van der Waals surface area (Å²) in [6, 6.07) is 24.4. The van der Waals surface area contributed by atoms with Gasteiger partial charge < -0.3 is 9.47 Å². The smallest absolute Gasteiger partial charge is 0.130 e. The Hall–Kier alpha value is -2.31. The third-order valence-electron chi connectivity index (χ3n) is 5.82.